The van der Waals surface area contributed by atoms with Gasteiger partial charge in [0.05, 0.1) is 28.7 Å². The maximum atomic E-state index is 14.6. The fourth-order valence-corrected chi connectivity index (χ4v) is 5.62. The molecule has 178 valence electrons. The van der Waals surface area contributed by atoms with Crippen LogP contribution in [0.3, 0.4) is 0 Å². The molecule has 4 rings (SSSR count). The number of halogens is 1. The van der Waals surface area contributed by atoms with Crippen LogP contribution in [0.2, 0.25) is 0 Å². The molecule has 33 heavy (non-hydrogen) atoms. The summed E-state index contributed by atoms with van der Waals surface area (Å²) in [5, 5.41) is 3.00. The van der Waals surface area contributed by atoms with E-state index in [1.165, 1.54) is 6.07 Å². The number of rotatable bonds is 6. The summed E-state index contributed by atoms with van der Waals surface area (Å²) < 4.78 is 38.2. The monoisotopic (exact) mass is 475 g/mol. The quantitative estimate of drug-likeness (QED) is 0.686. The molecule has 1 atom stereocenters. The third kappa shape index (κ3) is 4.95. The van der Waals surface area contributed by atoms with E-state index in [-0.39, 0.29) is 22.5 Å². The molecular formula is C23H30FN5O3S. The van der Waals surface area contributed by atoms with Gasteiger partial charge in [-0.05, 0) is 50.3 Å². The molecule has 1 N–H and O–H groups in total. The van der Waals surface area contributed by atoms with Gasteiger partial charge in [-0.15, -0.1) is 0 Å². The van der Waals surface area contributed by atoms with Gasteiger partial charge in [-0.2, -0.15) is 0 Å². The summed E-state index contributed by atoms with van der Waals surface area (Å²) in [5.41, 5.74) is 1.57. The lowest BCUT2D eigenvalue weighted by Crippen LogP contribution is -2.47. The summed E-state index contributed by atoms with van der Waals surface area (Å²) in [5.74, 6) is 0.155. The van der Waals surface area contributed by atoms with E-state index in [1.54, 1.807) is 6.92 Å². The van der Waals surface area contributed by atoms with E-state index in [0.717, 1.165) is 56.2 Å². The van der Waals surface area contributed by atoms with Crippen LogP contribution in [0.5, 0.6) is 0 Å². The Labute approximate surface area is 194 Å². The largest absolute Gasteiger partial charge is 0.371 e. The number of piperidine rings is 1. The zero-order valence-corrected chi connectivity index (χ0v) is 20.0. The Balaban J connectivity index is 1.37. The van der Waals surface area contributed by atoms with Gasteiger partial charge in [0.1, 0.15) is 17.7 Å². The fourth-order valence-electron chi connectivity index (χ4n) is 4.66. The minimum absolute atomic E-state index is 0.0364. The Morgan fingerprint density at radius 3 is 2.45 bits per heavy atom. The molecule has 2 aliphatic rings. The third-order valence-electron chi connectivity index (χ3n) is 6.52. The average molecular weight is 476 g/mol. The summed E-state index contributed by atoms with van der Waals surface area (Å²) in [4.78, 5) is 26.0. The van der Waals surface area contributed by atoms with Crippen molar-refractivity contribution in [2.45, 2.75) is 56.5 Å². The van der Waals surface area contributed by atoms with Gasteiger partial charge >= 0.3 is 0 Å². The molecule has 0 radical (unpaired) electrons. The molecule has 1 aromatic heterocycles. The van der Waals surface area contributed by atoms with Gasteiger partial charge in [0.25, 0.3) is 0 Å². The molecule has 2 aliphatic heterocycles. The molecule has 2 saturated heterocycles. The Hall–Kier alpha value is -2.75. The Bertz CT molecular complexity index is 1130. The molecule has 0 saturated carbocycles. The van der Waals surface area contributed by atoms with Crippen molar-refractivity contribution in [1.82, 2.24) is 14.9 Å². The number of carbonyl (C=O) groups is 1. The van der Waals surface area contributed by atoms with Crippen LogP contribution in [0.15, 0.2) is 29.4 Å². The van der Waals surface area contributed by atoms with Crippen LogP contribution in [0.1, 0.15) is 37.4 Å². The second-order valence-electron chi connectivity index (χ2n) is 8.82. The van der Waals surface area contributed by atoms with Crippen LogP contribution < -0.4 is 10.2 Å². The maximum Gasteiger partial charge on any atom is 0.245 e. The normalized spacial score (nSPS) is 19.9. The van der Waals surface area contributed by atoms with Gasteiger partial charge in [-0.1, -0.05) is 6.92 Å². The average Bonchev–Trinajstić information content (AvgIpc) is 3.15. The maximum absolute atomic E-state index is 14.6. The number of nitrogens with one attached hydrogen (secondary N) is 1. The summed E-state index contributed by atoms with van der Waals surface area (Å²) in [6.45, 7) is 5.89. The topological polar surface area (TPSA) is 95.5 Å². The minimum atomic E-state index is -3.52. The van der Waals surface area contributed by atoms with Gasteiger partial charge in [0, 0.05) is 31.9 Å². The van der Waals surface area contributed by atoms with Crippen molar-refractivity contribution in [3.8, 4) is 0 Å². The lowest BCUT2D eigenvalue weighted by atomic mass is 10.0. The summed E-state index contributed by atoms with van der Waals surface area (Å²) in [6, 6.07) is 2.11. The van der Waals surface area contributed by atoms with Crippen LogP contribution in [-0.4, -0.2) is 67.2 Å². The molecule has 2 fully saturated rings. The molecule has 8 nitrogen and oxygen atoms in total. The van der Waals surface area contributed by atoms with Crippen molar-refractivity contribution in [2.75, 3.05) is 36.1 Å². The minimum Gasteiger partial charge on any atom is -0.371 e. The standard InChI is InChI=1S/C23H30FN5O3S/c1-4-16-13-26-22(14-25-16)28-8-5-17(6-9-28)29-10-7-19(23(29)30)27-20-11-15(2)21(12-18(20)24)33(3,31)32/h11-14,17,19,27H,4-10H2,1-3H3/t19-/m0/s1. The predicted octanol–water partition coefficient (Wildman–Crippen LogP) is 2.57. The van der Waals surface area contributed by atoms with Crippen molar-refractivity contribution >= 4 is 27.2 Å². The van der Waals surface area contributed by atoms with Gasteiger partial charge in [-0.25, -0.2) is 17.8 Å². The summed E-state index contributed by atoms with van der Waals surface area (Å²) >= 11 is 0. The number of hydrogen-bond donors (Lipinski definition) is 1. The van der Waals surface area contributed by atoms with Gasteiger partial charge in [0.2, 0.25) is 5.91 Å². The highest BCUT2D eigenvalue weighted by molar-refractivity contribution is 7.90. The molecule has 2 aromatic rings. The zero-order valence-electron chi connectivity index (χ0n) is 19.2. The number of aromatic nitrogens is 2. The number of benzene rings is 1. The SMILES string of the molecule is CCc1cnc(N2CCC(N3CC[C@H](Nc4cc(C)c(S(C)(=O)=O)cc4F)C3=O)CC2)cn1. The number of anilines is 2. The Kier molecular flexibility index (Phi) is 6.56. The summed E-state index contributed by atoms with van der Waals surface area (Å²) in [7, 11) is -3.52. The molecule has 10 heteroatoms. The van der Waals surface area contributed by atoms with Gasteiger partial charge in [0.15, 0.2) is 9.84 Å². The van der Waals surface area contributed by atoms with Crippen LogP contribution in [-0.2, 0) is 21.1 Å². The number of sulfone groups is 1. The smallest absolute Gasteiger partial charge is 0.245 e. The van der Waals surface area contributed by atoms with E-state index < -0.39 is 21.7 Å². The predicted molar refractivity (Wildman–Crippen MR) is 125 cm³/mol. The highest BCUT2D eigenvalue weighted by atomic mass is 32.2. The number of nitrogens with zero attached hydrogens (tertiary/aromatic N) is 4. The number of likely N-dealkylation sites (tertiary alicyclic amines) is 1. The first kappa shape index (κ1) is 23.4. The van der Waals surface area contributed by atoms with E-state index in [0.29, 0.717) is 18.5 Å². The van der Waals surface area contributed by atoms with Crippen LogP contribution in [0.4, 0.5) is 15.9 Å². The number of carbonyl (C=O) groups excluding carboxylic acids is 1. The van der Waals surface area contributed by atoms with Crippen molar-refractivity contribution < 1.29 is 17.6 Å². The molecule has 0 spiro atoms. The molecule has 1 amide bonds. The van der Waals surface area contributed by atoms with E-state index in [9.17, 15) is 17.6 Å². The van der Waals surface area contributed by atoms with Gasteiger partial charge < -0.3 is 15.1 Å². The van der Waals surface area contributed by atoms with Crippen molar-refractivity contribution in [3.63, 3.8) is 0 Å². The highest BCUT2D eigenvalue weighted by Gasteiger charge is 2.37. The van der Waals surface area contributed by atoms with E-state index >= 15 is 0 Å². The van der Waals surface area contributed by atoms with E-state index in [2.05, 4.69) is 20.2 Å². The Morgan fingerprint density at radius 1 is 1.12 bits per heavy atom. The lowest BCUT2D eigenvalue weighted by Gasteiger charge is -2.37. The van der Waals surface area contributed by atoms with E-state index in [1.807, 2.05) is 24.2 Å². The summed E-state index contributed by atoms with van der Waals surface area (Å²) in [6.07, 6.45) is 7.79. The van der Waals surface area contributed by atoms with Gasteiger partial charge in [-0.3, -0.25) is 9.78 Å². The number of hydrogen-bond acceptors (Lipinski definition) is 7. The molecule has 0 aliphatic carbocycles. The first-order valence-corrected chi connectivity index (χ1v) is 13.2. The van der Waals surface area contributed by atoms with Crippen molar-refractivity contribution in [1.29, 1.82) is 0 Å². The molecular weight excluding hydrogens is 445 g/mol. The van der Waals surface area contributed by atoms with Crippen LogP contribution >= 0.6 is 0 Å². The molecule has 3 heterocycles. The van der Waals surface area contributed by atoms with Crippen LogP contribution in [0.25, 0.3) is 0 Å². The molecule has 0 unspecified atom stereocenters. The number of aryl methyl sites for hydroxylation is 2. The third-order valence-corrected chi connectivity index (χ3v) is 7.76. The lowest BCUT2D eigenvalue weighted by molar-refractivity contribution is -0.130. The highest BCUT2D eigenvalue weighted by Crippen LogP contribution is 2.28. The van der Waals surface area contributed by atoms with Crippen LogP contribution in [0, 0.1) is 12.7 Å². The second-order valence-corrected chi connectivity index (χ2v) is 10.8. The second kappa shape index (κ2) is 9.24. The van der Waals surface area contributed by atoms with Crippen molar-refractivity contribution in [3.05, 3.63) is 41.6 Å². The van der Waals surface area contributed by atoms with Crippen molar-refractivity contribution in [2.24, 2.45) is 0 Å². The Morgan fingerprint density at radius 2 is 1.85 bits per heavy atom. The first-order chi connectivity index (χ1) is 15.7. The molecule has 1 aromatic carbocycles. The zero-order chi connectivity index (χ0) is 23.8. The molecule has 0 bridgehead atoms. The number of amides is 1. The first-order valence-electron chi connectivity index (χ1n) is 11.3. The fraction of sp³-hybridized carbons (Fsp3) is 0.522. The van der Waals surface area contributed by atoms with E-state index in [4.69, 9.17) is 0 Å².